The molecule has 2 aliphatic heterocycles. The van der Waals surface area contributed by atoms with Crippen LogP contribution in [0.4, 0.5) is 14.5 Å². The van der Waals surface area contributed by atoms with Gasteiger partial charge < -0.3 is 19.1 Å². The number of β-lactam (4-membered cyclic amide) rings is 1. The van der Waals surface area contributed by atoms with Gasteiger partial charge in [0.2, 0.25) is 5.91 Å². The molecule has 204 valence electrons. The topological polar surface area (TPSA) is 48.0 Å². The number of ether oxygens (including phenoxy) is 3. The van der Waals surface area contributed by atoms with Crippen LogP contribution in [0.2, 0.25) is 0 Å². The zero-order valence-corrected chi connectivity index (χ0v) is 21.8. The van der Waals surface area contributed by atoms with Gasteiger partial charge in [-0.1, -0.05) is 54.6 Å². The summed E-state index contributed by atoms with van der Waals surface area (Å²) in [5.74, 6) is -1.38. The zero-order valence-electron chi connectivity index (χ0n) is 21.8. The number of anilines is 1. The van der Waals surface area contributed by atoms with Crippen molar-refractivity contribution in [2.75, 3.05) is 18.1 Å². The maximum absolute atomic E-state index is 13.7. The summed E-state index contributed by atoms with van der Waals surface area (Å²) in [6.07, 6.45) is 0.923. The fourth-order valence-electron chi connectivity index (χ4n) is 5.56. The summed E-state index contributed by atoms with van der Waals surface area (Å²) < 4.78 is 45.3. The van der Waals surface area contributed by atoms with Gasteiger partial charge in [-0.15, -0.1) is 0 Å². The predicted molar refractivity (Wildman–Crippen MR) is 147 cm³/mol. The predicted octanol–water partition coefficient (Wildman–Crippen LogP) is 6.93. The highest BCUT2D eigenvalue weighted by Crippen LogP contribution is 2.48. The Morgan fingerprint density at radius 1 is 0.800 bits per heavy atom. The lowest BCUT2D eigenvalue weighted by Gasteiger charge is -2.48. The second kappa shape index (κ2) is 11.2. The van der Waals surface area contributed by atoms with E-state index in [-0.39, 0.29) is 29.5 Å². The molecule has 0 radical (unpaired) electrons. The molecule has 2 fully saturated rings. The Morgan fingerprint density at radius 3 is 2.08 bits per heavy atom. The number of carbonyl (C=O) groups excluding carboxylic acids is 1. The molecule has 2 aliphatic rings. The van der Waals surface area contributed by atoms with Crippen LogP contribution in [0.5, 0.6) is 5.75 Å². The van der Waals surface area contributed by atoms with Crippen LogP contribution in [-0.2, 0) is 26.7 Å². The molecule has 0 spiro atoms. The minimum Gasteiger partial charge on any atom is -0.489 e. The number of nitrogens with zero attached hydrogens (tertiary/aromatic N) is 1. The van der Waals surface area contributed by atoms with Crippen LogP contribution in [0.3, 0.4) is 0 Å². The monoisotopic (exact) mass is 541 g/mol. The van der Waals surface area contributed by atoms with Gasteiger partial charge in [-0.05, 0) is 66.1 Å². The number of hydrogen-bond acceptors (Lipinski definition) is 4. The highest BCUT2D eigenvalue weighted by atomic mass is 19.1. The molecule has 0 aliphatic carbocycles. The van der Waals surface area contributed by atoms with E-state index in [1.807, 2.05) is 54.6 Å². The standard InChI is InChI=1S/C33H29F2NO4/c34-26-10-8-25(9-11-26)33(39-20-21-40-33)19-18-30-31(36(32(30)37)28-14-12-27(35)13-15-28)24-6-16-29(17-7-24)38-22-23-4-2-1-3-5-23/h1-17,30-31H,18-22H2/t30-,31+/m0/s1. The third-order valence-corrected chi connectivity index (χ3v) is 7.61. The summed E-state index contributed by atoms with van der Waals surface area (Å²) >= 11 is 0. The Kier molecular flexibility index (Phi) is 7.32. The third-order valence-electron chi connectivity index (χ3n) is 7.61. The maximum atomic E-state index is 13.7. The molecule has 5 nitrogen and oxygen atoms in total. The van der Waals surface area contributed by atoms with Crippen molar-refractivity contribution < 1.29 is 27.8 Å². The fraction of sp³-hybridized carbons (Fsp3) is 0.242. The lowest BCUT2D eigenvalue weighted by Crippen LogP contribution is -2.55. The SMILES string of the molecule is O=C1[C@@H](CCC2(c3ccc(F)cc3)OCCO2)[C@@H](c2ccc(OCc3ccccc3)cc2)N1c1ccc(F)cc1. The van der Waals surface area contributed by atoms with Crippen molar-refractivity contribution in [3.8, 4) is 5.75 Å². The van der Waals surface area contributed by atoms with Gasteiger partial charge in [0.05, 0.1) is 25.2 Å². The van der Waals surface area contributed by atoms with Crippen LogP contribution in [0.1, 0.15) is 35.6 Å². The van der Waals surface area contributed by atoms with Crippen molar-refractivity contribution in [3.63, 3.8) is 0 Å². The van der Waals surface area contributed by atoms with E-state index in [4.69, 9.17) is 14.2 Å². The summed E-state index contributed by atoms with van der Waals surface area (Å²) in [6, 6.07) is 29.5. The Morgan fingerprint density at radius 2 is 1.43 bits per heavy atom. The smallest absolute Gasteiger partial charge is 0.233 e. The molecule has 0 bridgehead atoms. The van der Waals surface area contributed by atoms with E-state index in [0.717, 1.165) is 22.4 Å². The number of benzene rings is 4. The number of carbonyl (C=O) groups is 1. The molecule has 4 aromatic rings. The number of rotatable bonds is 9. The molecule has 2 saturated heterocycles. The van der Waals surface area contributed by atoms with Crippen LogP contribution < -0.4 is 9.64 Å². The first-order chi connectivity index (χ1) is 19.5. The molecule has 0 N–H and O–H groups in total. The molecule has 0 unspecified atom stereocenters. The summed E-state index contributed by atoms with van der Waals surface area (Å²) in [5, 5.41) is 0. The molecule has 4 aromatic carbocycles. The molecule has 40 heavy (non-hydrogen) atoms. The summed E-state index contributed by atoms with van der Waals surface area (Å²) in [7, 11) is 0. The molecule has 2 atom stereocenters. The molecule has 0 saturated carbocycles. The van der Waals surface area contributed by atoms with Gasteiger partial charge in [-0.3, -0.25) is 4.79 Å². The molecule has 6 rings (SSSR count). The van der Waals surface area contributed by atoms with Gasteiger partial charge in [-0.2, -0.15) is 0 Å². The van der Waals surface area contributed by atoms with Gasteiger partial charge in [0.1, 0.15) is 24.0 Å². The van der Waals surface area contributed by atoms with E-state index >= 15 is 0 Å². The Bertz CT molecular complexity index is 1440. The summed E-state index contributed by atoms with van der Waals surface area (Å²) in [5.41, 5.74) is 3.39. The van der Waals surface area contributed by atoms with Gasteiger partial charge in [0.15, 0.2) is 5.79 Å². The summed E-state index contributed by atoms with van der Waals surface area (Å²) in [4.78, 5) is 15.2. The zero-order chi connectivity index (χ0) is 27.5. The van der Waals surface area contributed by atoms with Gasteiger partial charge >= 0.3 is 0 Å². The highest BCUT2D eigenvalue weighted by molar-refractivity contribution is 6.03. The molecule has 7 heteroatoms. The molecule has 2 heterocycles. The lowest BCUT2D eigenvalue weighted by atomic mass is 9.77. The average molecular weight is 542 g/mol. The number of hydrogen-bond donors (Lipinski definition) is 0. The second-order valence-electron chi connectivity index (χ2n) is 10.1. The van der Waals surface area contributed by atoms with Crippen molar-refractivity contribution >= 4 is 11.6 Å². The maximum Gasteiger partial charge on any atom is 0.233 e. The average Bonchev–Trinajstić information content (AvgIpc) is 3.47. The van der Waals surface area contributed by atoms with Crippen molar-refractivity contribution in [2.24, 2.45) is 5.92 Å². The first kappa shape index (κ1) is 26.2. The van der Waals surface area contributed by atoms with E-state index in [1.165, 1.54) is 24.3 Å². The Labute approximate surface area is 231 Å². The van der Waals surface area contributed by atoms with Gasteiger partial charge in [-0.25, -0.2) is 8.78 Å². The van der Waals surface area contributed by atoms with Crippen LogP contribution in [0.25, 0.3) is 0 Å². The first-order valence-corrected chi connectivity index (χ1v) is 13.4. The second-order valence-corrected chi connectivity index (χ2v) is 10.1. The van der Waals surface area contributed by atoms with E-state index in [9.17, 15) is 13.6 Å². The van der Waals surface area contributed by atoms with E-state index in [2.05, 4.69) is 0 Å². The van der Waals surface area contributed by atoms with Gasteiger partial charge in [0, 0.05) is 17.7 Å². The van der Waals surface area contributed by atoms with Crippen molar-refractivity contribution in [1.82, 2.24) is 0 Å². The van der Waals surface area contributed by atoms with Crippen molar-refractivity contribution in [2.45, 2.75) is 31.3 Å². The number of halogens is 2. The number of amides is 1. The Hall–Kier alpha value is -4.07. The Balaban J connectivity index is 1.23. The van der Waals surface area contributed by atoms with E-state index in [1.54, 1.807) is 29.2 Å². The lowest BCUT2D eigenvalue weighted by molar-refractivity contribution is -0.175. The van der Waals surface area contributed by atoms with Crippen LogP contribution in [0, 0.1) is 17.6 Å². The molecular formula is C33H29F2NO4. The first-order valence-electron chi connectivity index (χ1n) is 13.4. The quantitative estimate of drug-likeness (QED) is 0.216. The van der Waals surface area contributed by atoms with E-state index < -0.39 is 5.79 Å². The van der Waals surface area contributed by atoms with Crippen molar-refractivity contribution in [3.05, 3.63) is 131 Å². The van der Waals surface area contributed by atoms with Crippen LogP contribution in [0.15, 0.2) is 103 Å². The molecule has 1 amide bonds. The van der Waals surface area contributed by atoms with Crippen LogP contribution in [-0.4, -0.2) is 19.1 Å². The fourth-order valence-corrected chi connectivity index (χ4v) is 5.56. The third kappa shape index (κ3) is 5.22. The minimum absolute atomic E-state index is 0.0479. The highest BCUT2D eigenvalue weighted by Gasteiger charge is 2.50. The van der Waals surface area contributed by atoms with Crippen LogP contribution >= 0.6 is 0 Å². The molecule has 0 aromatic heterocycles. The largest absolute Gasteiger partial charge is 0.489 e. The normalized spacial score (nSPS) is 19.9. The molecular weight excluding hydrogens is 512 g/mol. The van der Waals surface area contributed by atoms with Gasteiger partial charge in [0.25, 0.3) is 0 Å². The minimum atomic E-state index is -1.02. The van der Waals surface area contributed by atoms with Crippen molar-refractivity contribution in [1.29, 1.82) is 0 Å². The van der Waals surface area contributed by atoms with E-state index in [0.29, 0.717) is 38.3 Å². The summed E-state index contributed by atoms with van der Waals surface area (Å²) in [6.45, 7) is 1.30.